The average Bonchev–Trinajstić information content (AvgIpc) is 2.28. The van der Waals surface area contributed by atoms with Gasteiger partial charge in [0.1, 0.15) is 5.78 Å². The second kappa shape index (κ2) is 4.92. The molecule has 1 aromatic carbocycles. The third-order valence-corrected chi connectivity index (χ3v) is 2.88. The van der Waals surface area contributed by atoms with E-state index in [4.69, 9.17) is 0 Å². The third kappa shape index (κ3) is 3.05. The molecule has 0 saturated heterocycles. The minimum atomic E-state index is 0.420. The van der Waals surface area contributed by atoms with E-state index < -0.39 is 0 Å². The van der Waals surface area contributed by atoms with E-state index in [0.29, 0.717) is 11.7 Å². The minimum Gasteiger partial charge on any atom is -0.300 e. The van der Waals surface area contributed by atoms with Crippen LogP contribution in [0, 0.1) is 5.92 Å². The molecule has 0 heterocycles. The van der Waals surface area contributed by atoms with Gasteiger partial charge < -0.3 is 0 Å². The molecule has 0 aliphatic heterocycles. The lowest BCUT2D eigenvalue weighted by molar-refractivity contribution is -0.121. The van der Waals surface area contributed by atoms with Crippen LogP contribution < -0.4 is 0 Å². The SMILES string of the molecule is O=C1CCCC(/C=C\c2ccccc2)C1. The zero-order valence-electron chi connectivity index (χ0n) is 8.86. The second-order valence-corrected chi connectivity index (χ2v) is 4.16. The number of rotatable bonds is 2. The normalized spacial score (nSPS) is 22.1. The summed E-state index contributed by atoms with van der Waals surface area (Å²) < 4.78 is 0. The highest BCUT2D eigenvalue weighted by Crippen LogP contribution is 2.23. The van der Waals surface area contributed by atoms with Gasteiger partial charge in [-0.15, -0.1) is 0 Å². The molecule has 0 N–H and O–H groups in total. The van der Waals surface area contributed by atoms with Crippen molar-refractivity contribution in [1.29, 1.82) is 0 Å². The standard InChI is InChI=1S/C14H16O/c15-14-8-4-7-13(11-14)10-9-12-5-2-1-3-6-12/h1-3,5-6,9-10,13H,4,7-8,11H2/b10-9-. The van der Waals surface area contributed by atoms with Crippen LogP contribution in [0.2, 0.25) is 0 Å². The van der Waals surface area contributed by atoms with Crippen molar-refractivity contribution in [3.05, 3.63) is 42.0 Å². The molecule has 0 spiro atoms. The van der Waals surface area contributed by atoms with Crippen LogP contribution in [0.1, 0.15) is 31.2 Å². The van der Waals surface area contributed by atoms with Gasteiger partial charge in [-0.05, 0) is 24.3 Å². The van der Waals surface area contributed by atoms with Gasteiger partial charge in [0.05, 0.1) is 0 Å². The molecule has 1 aromatic rings. The number of Topliss-reactive ketones (excluding diaryl/α,β-unsaturated/α-hetero) is 1. The Morgan fingerprint density at radius 3 is 2.73 bits per heavy atom. The van der Waals surface area contributed by atoms with Gasteiger partial charge in [-0.25, -0.2) is 0 Å². The van der Waals surface area contributed by atoms with E-state index in [1.807, 2.05) is 18.2 Å². The van der Waals surface area contributed by atoms with Crippen molar-refractivity contribution < 1.29 is 4.79 Å². The number of carbonyl (C=O) groups is 1. The summed E-state index contributed by atoms with van der Waals surface area (Å²) in [5.41, 5.74) is 1.22. The van der Waals surface area contributed by atoms with Gasteiger partial charge in [-0.1, -0.05) is 42.5 Å². The Morgan fingerprint density at radius 2 is 2.00 bits per heavy atom. The highest BCUT2D eigenvalue weighted by molar-refractivity contribution is 5.79. The zero-order chi connectivity index (χ0) is 10.5. The number of hydrogen-bond donors (Lipinski definition) is 0. The number of allylic oxidation sites excluding steroid dienone is 1. The average molecular weight is 200 g/mol. The van der Waals surface area contributed by atoms with Crippen LogP contribution >= 0.6 is 0 Å². The fourth-order valence-electron chi connectivity index (χ4n) is 2.03. The number of ketones is 1. The lowest BCUT2D eigenvalue weighted by Crippen LogP contribution is -2.12. The van der Waals surface area contributed by atoms with E-state index in [1.54, 1.807) is 0 Å². The molecule has 1 saturated carbocycles. The summed E-state index contributed by atoms with van der Waals surface area (Å²) in [6, 6.07) is 10.3. The number of carbonyl (C=O) groups excluding carboxylic acids is 1. The summed E-state index contributed by atoms with van der Waals surface area (Å²) in [6.07, 6.45) is 8.06. The smallest absolute Gasteiger partial charge is 0.133 e. The molecule has 1 heteroatoms. The van der Waals surface area contributed by atoms with Gasteiger partial charge >= 0.3 is 0 Å². The van der Waals surface area contributed by atoms with Crippen molar-refractivity contribution in [3.8, 4) is 0 Å². The molecule has 1 nitrogen and oxygen atoms in total. The maximum Gasteiger partial charge on any atom is 0.133 e. The first-order valence-corrected chi connectivity index (χ1v) is 5.59. The quantitative estimate of drug-likeness (QED) is 0.714. The Labute approximate surface area is 90.8 Å². The molecular weight excluding hydrogens is 184 g/mol. The van der Waals surface area contributed by atoms with Crippen molar-refractivity contribution in [2.45, 2.75) is 25.7 Å². The molecular formula is C14H16O. The summed E-state index contributed by atoms with van der Waals surface area (Å²) in [4.78, 5) is 11.3. The Kier molecular flexibility index (Phi) is 3.33. The number of benzene rings is 1. The van der Waals surface area contributed by atoms with Crippen LogP contribution in [0.25, 0.3) is 6.08 Å². The molecule has 1 aliphatic carbocycles. The largest absolute Gasteiger partial charge is 0.300 e. The van der Waals surface area contributed by atoms with Crippen LogP contribution in [0.4, 0.5) is 0 Å². The van der Waals surface area contributed by atoms with E-state index in [0.717, 1.165) is 25.7 Å². The van der Waals surface area contributed by atoms with E-state index in [1.165, 1.54) is 5.56 Å². The van der Waals surface area contributed by atoms with Gasteiger partial charge in [0.2, 0.25) is 0 Å². The van der Waals surface area contributed by atoms with Gasteiger partial charge in [-0.3, -0.25) is 4.79 Å². The van der Waals surface area contributed by atoms with Crippen molar-refractivity contribution in [2.75, 3.05) is 0 Å². The Hall–Kier alpha value is -1.37. The van der Waals surface area contributed by atoms with Crippen molar-refractivity contribution in [1.82, 2.24) is 0 Å². The maximum atomic E-state index is 11.3. The highest BCUT2D eigenvalue weighted by atomic mass is 16.1. The molecule has 15 heavy (non-hydrogen) atoms. The summed E-state index contributed by atoms with van der Waals surface area (Å²) >= 11 is 0. The summed E-state index contributed by atoms with van der Waals surface area (Å²) in [7, 11) is 0. The topological polar surface area (TPSA) is 17.1 Å². The van der Waals surface area contributed by atoms with Crippen LogP contribution in [-0.2, 0) is 4.79 Å². The van der Waals surface area contributed by atoms with Crippen molar-refractivity contribution in [2.24, 2.45) is 5.92 Å². The van der Waals surface area contributed by atoms with Gasteiger partial charge in [0, 0.05) is 12.8 Å². The van der Waals surface area contributed by atoms with Crippen LogP contribution in [-0.4, -0.2) is 5.78 Å². The molecule has 1 unspecified atom stereocenters. The summed E-state index contributed by atoms with van der Waals surface area (Å²) in [5, 5.41) is 0. The minimum absolute atomic E-state index is 0.420. The van der Waals surface area contributed by atoms with Gasteiger partial charge in [0.15, 0.2) is 0 Å². The molecule has 0 bridgehead atoms. The molecule has 0 radical (unpaired) electrons. The molecule has 0 amide bonds. The molecule has 1 aliphatic rings. The first-order chi connectivity index (χ1) is 7.34. The third-order valence-electron chi connectivity index (χ3n) is 2.88. The second-order valence-electron chi connectivity index (χ2n) is 4.16. The van der Waals surface area contributed by atoms with Gasteiger partial charge in [0.25, 0.3) is 0 Å². The van der Waals surface area contributed by atoms with Crippen LogP contribution in [0.5, 0.6) is 0 Å². The molecule has 2 rings (SSSR count). The fourth-order valence-corrected chi connectivity index (χ4v) is 2.03. The van der Waals surface area contributed by atoms with Gasteiger partial charge in [-0.2, -0.15) is 0 Å². The lowest BCUT2D eigenvalue weighted by atomic mass is 9.88. The predicted octanol–water partition coefficient (Wildman–Crippen LogP) is 3.46. The van der Waals surface area contributed by atoms with E-state index in [9.17, 15) is 4.79 Å². The first-order valence-electron chi connectivity index (χ1n) is 5.59. The highest BCUT2D eigenvalue weighted by Gasteiger charge is 2.16. The van der Waals surface area contributed by atoms with E-state index >= 15 is 0 Å². The maximum absolute atomic E-state index is 11.3. The molecule has 78 valence electrons. The number of hydrogen-bond acceptors (Lipinski definition) is 1. The predicted molar refractivity (Wildman–Crippen MR) is 62.4 cm³/mol. The summed E-state index contributed by atoms with van der Waals surface area (Å²) in [6.45, 7) is 0. The monoisotopic (exact) mass is 200 g/mol. The fraction of sp³-hybridized carbons (Fsp3) is 0.357. The lowest BCUT2D eigenvalue weighted by Gasteiger charge is -2.16. The zero-order valence-corrected chi connectivity index (χ0v) is 8.86. The molecule has 1 atom stereocenters. The van der Waals surface area contributed by atoms with Crippen LogP contribution in [0.15, 0.2) is 36.4 Å². The Balaban J connectivity index is 1.96. The molecule has 1 fully saturated rings. The molecule has 0 aromatic heterocycles. The Morgan fingerprint density at radius 1 is 1.20 bits per heavy atom. The van der Waals surface area contributed by atoms with Crippen molar-refractivity contribution >= 4 is 11.9 Å². The Bertz CT molecular complexity index is 351. The van der Waals surface area contributed by atoms with Crippen LogP contribution in [0.3, 0.4) is 0 Å². The van der Waals surface area contributed by atoms with E-state index in [-0.39, 0.29) is 0 Å². The van der Waals surface area contributed by atoms with E-state index in [2.05, 4.69) is 24.3 Å². The van der Waals surface area contributed by atoms with Crippen molar-refractivity contribution in [3.63, 3.8) is 0 Å². The first kappa shape index (κ1) is 10.2. The summed E-state index contributed by atoms with van der Waals surface area (Å²) in [5.74, 6) is 0.885.